The lowest BCUT2D eigenvalue weighted by atomic mass is 10.1. The maximum absolute atomic E-state index is 13.7. The number of aryl methyl sites for hydroxylation is 2. The summed E-state index contributed by atoms with van der Waals surface area (Å²) in [6.45, 7) is 2.17. The van der Waals surface area contributed by atoms with E-state index in [1.54, 1.807) is 44.2 Å². The van der Waals surface area contributed by atoms with Gasteiger partial charge < -0.3 is 19.3 Å². The fourth-order valence-electron chi connectivity index (χ4n) is 3.51. The van der Waals surface area contributed by atoms with Crippen LogP contribution in [0.1, 0.15) is 16.7 Å². The van der Waals surface area contributed by atoms with Gasteiger partial charge in [-0.15, -0.1) is 0 Å². The van der Waals surface area contributed by atoms with Crippen molar-refractivity contribution in [3.8, 4) is 17.2 Å². The molecule has 31 heavy (non-hydrogen) atoms. The third kappa shape index (κ3) is 4.44. The van der Waals surface area contributed by atoms with Gasteiger partial charge in [-0.1, -0.05) is 6.07 Å². The number of benzene rings is 2. The van der Waals surface area contributed by atoms with Gasteiger partial charge in [-0.05, 0) is 54.8 Å². The standard InChI is InChI=1S/C20H24N2O8S/c1-12-6-15(28-3)7-13(2)19(12)31(26,27)22(16(10-23)20(24)21-25)9-14-4-5-17-18(8-14)30-11-29-17/h4-8,16,23,25H,9-11H2,1-3H3,(H,21,24)/t16-/m1/s1. The van der Waals surface area contributed by atoms with Gasteiger partial charge in [0.15, 0.2) is 11.5 Å². The molecule has 3 N–H and O–H groups in total. The second kappa shape index (κ2) is 9.10. The van der Waals surface area contributed by atoms with Gasteiger partial charge in [-0.2, -0.15) is 4.31 Å². The van der Waals surface area contributed by atoms with E-state index >= 15 is 0 Å². The number of fused-ring (bicyclic) bond motifs is 1. The molecule has 168 valence electrons. The van der Waals surface area contributed by atoms with Crippen LogP contribution in [0.15, 0.2) is 35.2 Å². The van der Waals surface area contributed by atoms with Gasteiger partial charge >= 0.3 is 0 Å². The molecule has 1 heterocycles. The lowest BCUT2D eigenvalue weighted by molar-refractivity contribution is -0.134. The van der Waals surface area contributed by atoms with Crippen LogP contribution >= 0.6 is 0 Å². The lowest BCUT2D eigenvalue weighted by Gasteiger charge is -2.29. The molecule has 3 rings (SSSR count). The van der Waals surface area contributed by atoms with Crippen molar-refractivity contribution >= 4 is 15.9 Å². The maximum Gasteiger partial charge on any atom is 0.264 e. The maximum atomic E-state index is 13.7. The molecule has 0 bridgehead atoms. The Morgan fingerprint density at radius 3 is 2.42 bits per heavy atom. The summed E-state index contributed by atoms with van der Waals surface area (Å²) < 4.78 is 44.0. The summed E-state index contributed by atoms with van der Waals surface area (Å²) in [5.74, 6) is 0.393. The second-order valence-electron chi connectivity index (χ2n) is 7.00. The molecular weight excluding hydrogens is 428 g/mol. The number of ether oxygens (including phenoxy) is 3. The minimum absolute atomic E-state index is 0.0155. The molecule has 1 amide bonds. The smallest absolute Gasteiger partial charge is 0.264 e. The molecule has 1 atom stereocenters. The fraction of sp³-hybridized carbons (Fsp3) is 0.350. The number of hydrogen-bond donors (Lipinski definition) is 3. The molecular formula is C20H24N2O8S. The molecule has 0 saturated heterocycles. The molecule has 0 radical (unpaired) electrons. The Kier molecular flexibility index (Phi) is 6.70. The number of methoxy groups -OCH3 is 1. The van der Waals surface area contributed by atoms with Gasteiger partial charge in [0.1, 0.15) is 11.8 Å². The van der Waals surface area contributed by atoms with Crippen molar-refractivity contribution in [2.75, 3.05) is 20.5 Å². The van der Waals surface area contributed by atoms with Crippen molar-refractivity contribution in [2.45, 2.75) is 31.3 Å². The first-order valence-electron chi connectivity index (χ1n) is 9.33. The lowest BCUT2D eigenvalue weighted by Crippen LogP contribution is -2.50. The van der Waals surface area contributed by atoms with Crippen LogP contribution in [-0.4, -0.2) is 55.5 Å². The van der Waals surface area contributed by atoms with Crippen LogP contribution in [0.3, 0.4) is 0 Å². The number of aliphatic hydroxyl groups is 1. The first-order valence-corrected chi connectivity index (χ1v) is 10.8. The van der Waals surface area contributed by atoms with Gasteiger partial charge in [0, 0.05) is 6.54 Å². The predicted molar refractivity (Wildman–Crippen MR) is 109 cm³/mol. The van der Waals surface area contributed by atoms with E-state index in [0.29, 0.717) is 33.9 Å². The van der Waals surface area contributed by atoms with E-state index in [0.717, 1.165) is 4.31 Å². The number of nitrogens with one attached hydrogen (secondary N) is 1. The van der Waals surface area contributed by atoms with Crippen LogP contribution in [0.4, 0.5) is 0 Å². The van der Waals surface area contributed by atoms with Gasteiger partial charge in [0.05, 0.1) is 18.6 Å². The van der Waals surface area contributed by atoms with E-state index in [1.807, 2.05) is 0 Å². The number of aliphatic hydroxyl groups excluding tert-OH is 1. The highest BCUT2D eigenvalue weighted by molar-refractivity contribution is 7.89. The van der Waals surface area contributed by atoms with Crippen LogP contribution in [0.25, 0.3) is 0 Å². The number of amides is 1. The summed E-state index contributed by atoms with van der Waals surface area (Å²) in [6, 6.07) is 6.43. The van der Waals surface area contributed by atoms with Gasteiger partial charge in [0.2, 0.25) is 16.8 Å². The Hall–Kier alpha value is -2.86. The SMILES string of the molecule is COc1cc(C)c(S(=O)(=O)N(Cc2ccc3c(c2)OCO3)[C@H](CO)C(=O)NO)c(C)c1. The van der Waals surface area contributed by atoms with E-state index in [1.165, 1.54) is 12.6 Å². The van der Waals surface area contributed by atoms with Crippen LogP contribution in [0.5, 0.6) is 17.2 Å². The van der Waals surface area contributed by atoms with Gasteiger partial charge in [-0.3, -0.25) is 10.0 Å². The summed E-state index contributed by atoms with van der Waals surface area (Å²) in [4.78, 5) is 12.2. The highest BCUT2D eigenvalue weighted by Crippen LogP contribution is 2.34. The van der Waals surface area contributed by atoms with Crippen LogP contribution in [0.2, 0.25) is 0 Å². The quantitative estimate of drug-likeness (QED) is 0.400. The molecule has 2 aromatic rings. The Balaban J connectivity index is 2.10. The highest BCUT2D eigenvalue weighted by Gasteiger charge is 2.37. The van der Waals surface area contributed by atoms with Crippen molar-refractivity contribution in [3.63, 3.8) is 0 Å². The van der Waals surface area contributed by atoms with Gasteiger partial charge in [-0.25, -0.2) is 13.9 Å². The molecule has 0 aromatic heterocycles. The predicted octanol–water partition coefficient (Wildman–Crippen LogP) is 1.10. The Morgan fingerprint density at radius 1 is 1.19 bits per heavy atom. The average Bonchev–Trinajstić information content (AvgIpc) is 3.20. The minimum atomic E-state index is -4.29. The topological polar surface area (TPSA) is 135 Å². The van der Waals surface area contributed by atoms with Crippen LogP contribution < -0.4 is 19.7 Å². The first-order chi connectivity index (χ1) is 14.7. The Morgan fingerprint density at radius 2 is 1.84 bits per heavy atom. The molecule has 1 aliphatic heterocycles. The number of hydroxylamine groups is 1. The number of sulfonamides is 1. The summed E-state index contributed by atoms with van der Waals surface area (Å²) in [5, 5.41) is 18.9. The minimum Gasteiger partial charge on any atom is -0.497 e. The zero-order valence-electron chi connectivity index (χ0n) is 17.3. The molecule has 0 fully saturated rings. The molecule has 1 aliphatic rings. The molecule has 0 saturated carbocycles. The molecule has 2 aromatic carbocycles. The third-order valence-electron chi connectivity index (χ3n) is 4.95. The first kappa shape index (κ1) is 22.8. The van der Waals surface area contributed by atoms with E-state index in [2.05, 4.69) is 0 Å². The monoisotopic (exact) mass is 452 g/mol. The van der Waals surface area contributed by atoms with Crippen molar-refractivity contribution in [3.05, 3.63) is 47.0 Å². The number of nitrogens with zero attached hydrogens (tertiary/aromatic N) is 1. The third-order valence-corrected chi connectivity index (χ3v) is 7.11. The van der Waals surface area contributed by atoms with Gasteiger partial charge in [0.25, 0.3) is 5.91 Å². The summed E-state index contributed by atoms with van der Waals surface area (Å²) >= 11 is 0. The van der Waals surface area contributed by atoms with E-state index in [-0.39, 0.29) is 18.2 Å². The Labute approximate surface area is 180 Å². The Bertz CT molecular complexity index is 1060. The average molecular weight is 452 g/mol. The van der Waals surface area contributed by atoms with Crippen molar-refractivity contribution in [1.82, 2.24) is 9.79 Å². The van der Waals surface area contributed by atoms with E-state index in [9.17, 15) is 18.3 Å². The largest absolute Gasteiger partial charge is 0.497 e. The normalized spacial score (nSPS) is 13.9. The van der Waals surface area contributed by atoms with E-state index < -0.39 is 28.6 Å². The van der Waals surface area contributed by atoms with Crippen molar-refractivity contribution < 1.29 is 37.7 Å². The highest BCUT2D eigenvalue weighted by atomic mass is 32.2. The number of carbonyl (C=O) groups excluding carboxylic acids is 1. The number of carbonyl (C=O) groups is 1. The van der Waals surface area contributed by atoms with Crippen molar-refractivity contribution in [2.24, 2.45) is 0 Å². The number of rotatable bonds is 8. The second-order valence-corrected chi connectivity index (χ2v) is 8.83. The molecule has 0 unspecified atom stereocenters. The number of hydrogen-bond acceptors (Lipinski definition) is 8. The van der Waals surface area contributed by atoms with E-state index in [4.69, 9.17) is 19.4 Å². The molecule has 0 aliphatic carbocycles. The van der Waals surface area contributed by atoms with Crippen LogP contribution in [-0.2, 0) is 21.4 Å². The van der Waals surface area contributed by atoms with Crippen molar-refractivity contribution in [1.29, 1.82) is 0 Å². The zero-order valence-corrected chi connectivity index (χ0v) is 18.1. The molecule has 0 spiro atoms. The fourth-order valence-corrected chi connectivity index (χ4v) is 5.50. The summed E-state index contributed by atoms with van der Waals surface area (Å²) in [5.41, 5.74) is 2.75. The molecule has 10 nitrogen and oxygen atoms in total. The summed E-state index contributed by atoms with van der Waals surface area (Å²) in [6.07, 6.45) is 0. The zero-order chi connectivity index (χ0) is 22.8. The molecule has 11 heteroatoms. The summed E-state index contributed by atoms with van der Waals surface area (Å²) in [7, 11) is -2.82. The van der Waals surface area contributed by atoms with Crippen LogP contribution in [0, 0.1) is 13.8 Å².